The molecule has 1 unspecified atom stereocenters. The highest BCUT2D eigenvalue weighted by molar-refractivity contribution is 9.10. The lowest BCUT2D eigenvalue weighted by molar-refractivity contribution is -0.151. The molecule has 1 aromatic carbocycles. The van der Waals surface area contributed by atoms with E-state index in [1.165, 1.54) is 18.9 Å². The van der Waals surface area contributed by atoms with Crippen LogP contribution in [0.2, 0.25) is 0 Å². The number of carbonyl (C=O) groups excluding carboxylic acids is 1. The van der Waals surface area contributed by atoms with Crippen molar-refractivity contribution in [1.29, 1.82) is 0 Å². The molecule has 0 spiro atoms. The van der Waals surface area contributed by atoms with Gasteiger partial charge in [0.25, 0.3) is 0 Å². The number of rotatable bonds is 5. The molecule has 1 atom stereocenters. The Morgan fingerprint density at radius 1 is 1.48 bits per heavy atom. The number of benzene rings is 1. The second-order valence-corrected chi connectivity index (χ2v) is 6.45. The summed E-state index contributed by atoms with van der Waals surface area (Å²) >= 11 is 3.18. The van der Waals surface area contributed by atoms with Gasteiger partial charge in [-0.25, -0.2) is 9.18 Å². The van der Waals surface area contributed by atoms with Crippen LogP contribution in [0, 0.1) is 5.82 Å². The van der Waals surface area contributed by atoms with Crippen LogP contribution in [0.4, 0.5) is 4.39 Å². The molecule has 21 heavy (non-hydrogen) atoms. The molecule has 1 aromatic rings. The summed E-state index contributed by atoms with van der Waals surface area (Å²) in [7, 11) is 0. The summed E-state index contributed by atoms with van der Waals surface area (Å²) in [6, 6.07) is 4.95. The number of hydrogen-bond acceptors (Lipinski definition) is 3. The topological polar surface area (TPSA) is 38.3 Å². The largest absolute Gasteiger partial charge is 0.464 e. The average molecular weight is 358 g/mol. The van der Waals surface area contributed by atoms with Gasteiger partial charge >= 0.3 is 5.97 Å². The third kappa shape index (κ3) is 3.64. The van der Waals surface area contributed by atoms with Gasteiger partial charge in [0.05, 0.1) is 11.1 Å². The molecule has 0 saturated heterocycles. The minimum atomic E-state index is -0.957. The van der Waals surface area contributed by atoms with E-state index >= 15 is 0 Å². The summed E-state index contributed by atoms with van der Waals surface area (Å²) in [5.41, 5.74) is -0.248. The first-order valence-corrected chi connectivity index (χ1v) is 8.17. The molecule has 1 aliphatic rings. The number of hydrogen-bond donors (Lipinski definition) is 1. The van der Waals surface area contributed by atoms with Crippen molar-refractivity contribution >= 4 is 21.9 Å². The normalized spacial score (nSPS) is 18.5. The van der Waals surface area contributed by atoms with Crippen LogP contribution in [-0.4, -0.2) is 18.6 Å². The van der Waals surface area contributed by atoms with Crippen LogP contribution in [0.25, 0.3) is 0 Å². The minimum absolute atomic E-state index is 0.295. The minimum Gasteiger partial charge on any atom is -0.464 e. The Kier molecular flexibility index (Phi) is 5.38. The van der Waals surface area contributed by atoms with E-state index in [4.69, 9.17) is 4.74 Å². The van der Waals surface area contributed by atoms with Crippen molar-refractivity contribution in [2.45, 2.75) is 51.1 Å². The van der Waals surface area contributed by atoms with E-state index in [1.807, 2.05) is 6.92 Å². The molecule has 1 fully saturated rings. The third-order valence-electron chi connectivity index (χ3n) is 4.03. The van der Waals surface area contributed by atoms with E-state index in [0.717, 1.165) is 12.8 Å². The Hall–Kier alpha value is -0.940. The van der Waals surface area contributed by atoms with Crippen molar-refractivity contribution in [1.82, 2.24) is 5.32 Å². The van der Waals surface area contributed by atoms with Gasteiger partial charge in [0, 0.05) is 6.04 Å². The molecule has 3 nitrogen and oxygen atoms in total. The lowest BCUT2D eigenvalue weighted by Crippen LogP contribution is -2.51. The number of carbonyl (C=O) groups is 1. The Morgan fingerprint density at radius 3 is 2.71 bits per heavy atom. The molecule has 1 aliphatic carbocycles. The van der Waals surface area contributed by atoms with Crippen LogP contribution in [0.15, 0.2) is 22.7 Å². The maximum atomic E-state index is 13.5. The predicted octanol–water partition coefficient (Wildman–Crippen LogP) is 3.90. The Morgan fingerprint density at radius 2 is 2.14 bits per heavy atom. The van der Waals surface area contributed by atoms with Crippen molar-refractivity contribution in [2.75, 3.05) is 6.61 Å². The van der Waals surface area contributed by atoms with Gasteiger partial charge in [0.1, 0.15) is 11.4 Å². The summed E-state index contributed by atoms with van der Waals surface area (Å²) < 4.78 is 19.0. The Labute approximate surface area is 133 Å². The van der Waals surface area contributed by atoms with Gasteiger partial charge < -0.3 is 4.74 Å². The first kappa shape index (κ1) is 16.4. The SMILES string of the molecule is CCOC(=O)C(C)(NC1CCCC1)c1ccc(F)c(Br)c1. The van der Waals surface area contributed by atoms with E-state index in [-0.39, 0.29) is 11.8 Å². The van der Waals surface area contributed by atoms with Crippen molar-refractivity contribution in [3.8, 4) is 0 Å². The van der Waals surface area contributed by atoms with Crippen molar-refractivity contribution in [2.24, 2.45) is 0 Å². The van der Waals surface area contributed by atoms with E-state index < -0.39 is 5.54 Å². The van der Waals surface area contributed by atoms with Crippen LogP contribution < -0.4 is 5.32 Å². The van der Waals surface area contributed by atoms with Crippen LogP contribution in [0.1, 0.15) is 45.1 Å². The highest BCUT2D eigenvalue weighted by atomic mass is 79.9. The highest BCUT2D eigenvalue weighted by Gasteiger charge is 2.39. The fourth-order valence-electron chi connectivity index (χ4n) is 2.82. The Bertz CT molecular complexity index is 517. The first-order chi connectivity index (χ1) is 9.97. The fraction of sp³-hybridized carbons (Fsp3) is 0.562. The molecule has 5 heteroatoms. The van der Waals surface area contributed by atoms with Crippen LogP contribution in [0.3, 0.4) is 0 Å². The maximum Gasteiger partial charge on any atom is 0.330 e. The Balaban J connectivity index is 2.33. The standard InChI is InChI=1S/C16H21BrFNO2/c1-3-21-15(20)16(2,19-12-6-4-5-7-12)11-8-9-14(18)13(17)10-11/h8-10,12,19H,3-7H2,1-2H3. The lowest BCUT2D eigenvalue weighted by atomic mass is 9.90. The monoisotopic (exact) mass is 357 g/mol. The maximum absolute atomic E-state index is 13.5. The molecule has 0 heterocycles. The van der Waals surface area contributed by atoms with Gasteiger partial charge in [-0.2, -0.15) is 0 Å². The summed E-state index contributed by atoms with van der Waals surface area (Å²) in [4.78, 5) is 12.5. The second kappa shape index (κ2) is 6.88. The molecule has 2 rings (SSSR count). The molecule has 0 aliphatic heterocycles. The zero-order valence-electron chi connectivity index (χ0n) is 12.4. The van der Waals surface area contributed by atoms with Crippen LogP contribution >= 0.6 is 15.9 Å². The second-order valence-electron chi connectivity index (χ2n) is 5.60. The van der Waals surface area contributed by atoms with E-state index in [1.54, 1.807) is 19.1 Å². The molecule has 0 bridgehead atoms. The van der Waals surface area contributed by atoms with Crippen molar-refractivity contribution in [3.05, 3.63) is 34.1 Å². The number of halogens is 2. The summed E-state index contributed by atoms with van der Waals surface area (Å²) in [5, 5.41) is 3.42. The zero-order valence-corrected chi connectivity index (χ0v) is 14.0. The van der Waals surface area contributed by atoms with Gasteiger partial charge in [-0.05, 0) is 60.3 Å². The molecule has 0 aromatic heterocycles. The summed E-state index contributed by atoms with van der Waals surface area (Å²) in [6.45, 7) is 3.92. The van der Waals surface area contributed by atoms with Gasteiger partial charge in [-0.3, -0.25) is 5.32 Å². The molecule has 0 radical (unpaired) electrons. The molecule has 0 amide bonds. The number of esters is 1. The predicted molar refractivity (Wildman–Crippen MR) is 83.5 cm³/mol. The third-order valence-corrected chi connectivity index (χ3v) is 4.64. The van der Waals surface area contributed by atoms with Crippen LogP contribution in [0.5, 0.6) is 0 Å². The highest BCUT2D eigenvalue weighted by Crippen LogP contribution is 2.30. The van der Waals surface area contributed by atoms with Gasteiger partial charge in [-0.1, -0.05) is 18.9 Å². The van der Waals surface area contributed by atoms with Gasteiger partial charge in [0.2, 0.25) is 0 Å². The summed E-state index contributed by atoms with van der Waals surface area (Å²) in [5.74, 6) is -0.666. The van der Waals surface area contributed by atoms with E-state index in [0.29, 0.717) is 22.7 Å². The molecular formula is C16H21BrFNO2. The molecule has 1 saturated carbocycles. The van der Waals surface area contributed by atoms with Crippen LogP contribution in [-0.2, 0) is 15.1 Å². The van der Waals surface area contributed by atoms with Crippen molar-refractivity contribution < 1.29 is 13.9 Å². The van der Waals surface area contributed by atoms with Gasteiger partial charge in [0.15, 0.2) is 0 Å². The van der Waals surface area contributed by atoms with E-state index in [2.05, 4.69) is 21.2 Å². The quantitative estimate of drug-likeness (QED) is 0.812. The van der Waals surface area contributed by atoms with Gasteiger partial charge in [-0.15, -0.1) is 0 Å². The van der Waals surface area contributed by atoms with Crippen molar-refractivity contribution in [3.63, 3.8) is 0 Å². The lowest BCUT2D eigenvalue weighted by Gasteiger charge is -2.32. The fourth-order valence-corrected chi connectivity index (χ4v) is 3.20. The smallest absolute Gasteiger partial charge is 0.330 e. The molecule has 116 valence electrons. The number of ether oxygens (including phenoxy) is 1. The average Bonchev–Trinajstić information content (AvgIpc) is 2.94. The zero-order chi connectivity index (χ0) is 15.5. The molecule has 1 N–H and O–H groups in total. The summed E-state index contributed by atoms with van der Waals surface area (Å²) in [6.07, 6.45) is 4.45. The first-order valence-electron chi connectivity index (χ1n) is 7.38. The number of nitrogens with one attached hydrogen (secondary N) is 1. The molecular weight excluding hydrogens is 337 g/mol. The van der Waals surface area contributed by atoms with E-state index in [9.17, 15) is 9.18 Å².